The van der Waals surface area contributed by atoms with Crippen molar-refractivity contribution in [1.82, 2.24) is 0 Å². The summed E-state index contributed by atoms with van der Waals surface area (Å²) in [6.45, 7) is 16.1. The fraction of sp³-hybridized carbons (Fsp3) is 0.180. The predicted octanol–water partition coefficient (Wildman–Crippen LogP) is 17.3. The van der Waals surface area contributed by atoms with Crippen LogP contribution < -0.4 is 0 Å². The van der Waals surface area contributed by atoms with Gasteiger partial charge in [0.15, 0.2) is 0 Å². The van der Waals surface area contributed by atoms with Crippen molar-refractivity contribution < 1.29 is 0 Å². The SMILES string of the molecule is CC1=Cc2sc3ccccc3c2CC1.Cc1cccc(-c2ccc3c(c2)C(C)(C)c2cc4c(cc2-3)C(C)(C)c2cccc(-c3ccccc3)c2-4)c1.Cc1cccc2ccccc12. The molecule has 8 aromatic carbocycles. The lowest BCUT2D eigenvalue weighted by molar-refractivity contribution is 0.652. The number of rotatable bonds is 2. The minimum Gasteiger partial charge on any atom is -0.136 e. The normalized spacial score (nSPS) is 14.6. The Morgan fingerprint density at radius 1 is 0.435 bits per heavy atom. The molecule has 1 aromatic heterocycles. The van der Waals surface area contributed by atoms with Crippen molar-refractivity contribution in [3.05, 3.63) is 219 Å². The summed E-state index contributed by atoms with van der Waals surface area (Å²) in [4.78, 5) is 1.48. The maximum atomic E-state index is 2.52. The third kappa shape index (κ3) is 6.84. The maximum absolute atomic E-state index is 2.52. The molecular formula is C61H54S. The van der Waals surface area contributed by atoms with Gasteiger partial charge in [-0.1, -0.05) is 184 Å². The van der Waals surface area contributed by atoms with Gasteiger partial charge >= 0.3 is 0 Å². The first-order valence-corrected chi connectivity index (χ1v) is 23.0. The molecule has 0 saturated carbocycles. The molecule has 0 fully saturated rings. The monoisotopic (exact) mass is 818 g/mol. The number of aryl methyl sites for hydroxylation is 3. The second-order valence-corrected chi connectivity index (χ2v) is 19.7. The van der Waals surface area contributed by atoms with Crippen molar-refractivity contribution in [3.63, 3.8) is 0 Å². The van der Waals surface area contributed by atoms with Crippen LogP contribution in [0.5, 0.6) is 0 Å². The molecule has 0 atom stereocenters. The smallest absolute Gasteiger partial charge is 0.0352 e. The highest BCUT2D eigenvalue weighted by Gasteiger charge is 2.42. The molecule has 0 saturated heterocycles. The fourth-order valence-corrected chi connectivity index (χ4v) is 11.7. The first-order valence-electron chi connectivity index (χ1n) is 22.2. The molecule has 0 radical (unpaired) electrons. The Labute approximate surface area is 372 Å². The van der Waals surface area contributed by atoms with Gasteiger partial charge in [-0.15, -0.1) is 11.3 Å². The van der Waals surface area contributed by atoms with Crippen LogP contribution in [0.25, 0.3) is 71.4 Å². The van der Waals surface area contributed by atoms with Crippen molar-refractivity contribution in [1.29, 1.82) is 0 Å². The zero-order chi connectivity index (χ0) is 42.8. The van der Waals surface area contributed by atoms with Crippen molar-refractivity contribution in [2.75, 3.05) is 0 Å². The molecular weight excluding hydrogens is 765 g/mol. The zero-order valence-corrected chi connectivity index (χ0v) is 37.9. The largest absolute Gasteiger partial charge is 0.136 e. The number of hydrogen-bond acceptors (Lipinski definition) is 1. The Morgan fingerprint density at radius 3 is 1.87 bits per heavy atom. The van der Waals surface area contributed by atoms with E-state index in [9.17, 15) is 0 Å². The van der Waals surface area contributed by atoms with E-state index in [0.29, 0.717) is 0 Å². The molecule has 0 amide bonds. The summed E-state index contributed by atoms with van der Waals surface area (Å²) in [6, 6.07) is 62.3. The fourth-order valence-electron chi connectivity index (χ4n) is 10.4. The van der Waals surface area contributed by atoms with Crippen molar-refractivity contribution in [3.8, 4) is 44.5 Å². The Bertz CT molecular complexity index is 3200. The molecule has 3 aliphatic rings. The Balaban J connectivity index is 0.000000148. The topological polar surface area (TPSA) is 0 Å². The van der Waals surface area contributed by atoms with E-state index in [2.05, 4.69) is 224 Å². The second-order valence-electron chi connectivity index (χ2n) is 18.6. The number of thiophene rings is 1. The van der Waals surface area contributed by atoms with Gasteiger partial charge in [-0.05, 0) is 158 Å². The van der Waals surface area contributed by atoms with Gasteiger partial charge in [0.1, 0.15) is 0 Å². The lowest BCUT2D eigenvalue weighted by atomic mass is 9.79. The van der Waals surface area contributed by atoms with Crippen molar-refractivity contribution in [2.24, 2.45) is 0 Å². The lowest BCUT2D eigenvalue weighted by Gasteiger charge is -2.24. The van der Waals surface area contributed by atoms with Gasteiger partial charge in [0, 0.05) is 20.4 Å². The quantitative estimate of drug-likeness (QED) is 0.163. The molecule has 12 rings (SSSR count). The molecule has 0 nitrogen and oxygen atoms in total. The van der Waals surface area contributed by atoms with Gasteiger partial charge in [-0.2, -0.15) is 0 Å². The molecule has 3 aliphatic carbocycles. The highest BCUT2D eigenvalue weighted by Crippen LogP contribution is 2.58. The van der Waals surface area contributed by atoms with Gasteiger partial charge in [-0.25, -0.2) is 0 Å². The van der Waals surface area contributed by atoms with Crippen LogP contribution in [0.2, 0.25) is 0 Å². The molecule has 304 valence electrons. The Hall–Kier alpha value is -6.28. The standard InChI is InChI=1S/C37H32.C13H12S.C11H10/c1-23-11-9-14-25(19-23)26-17-18-28-29-21-34-30(22-33(29)37(4,5)32(28)20-26)35-27(24-12-7-6-8-13-24)15-10-16-31(35)36(34,2)3;1-9-6-7-11-10-4-2-3-5-12(10)14-13(11)8-9;1-9-5-4-7-10-6-2-3-8-11(9)10/h6-22H,1-5H3;2-5,8H,6-7H2,1H3;2-8H,1H3. The van der Waals surface area contributed by atoms with Gasteiger partial charge in [0.25, 0.3) is 0 Å². The van der Waals surface area contributed by atoms with Gasteiger partial charge in [0.2, 0.25) is 0 Å². The van der Waals surface area contributed by atoms with E-state index in [0.717, 1.165) is 0 Å². The third-order valence-corrected chi connectivity index (χ3v) is 15.0. The van der Waals surface area contributed by atoms with E-state index in [4.69, 9.17) is 0 Å². The summed E-state index contributed by atoms with van der Waals surface area (Å²) >= 11 is 1.93. The lowest BCUT2D eigenvalue weighted by Crippen LogP contribution is -2.17. The van der Waals surface area contributed by atoms with Crippen LogP contribution in [-0.4, -0.2) is 0 Å². The predicted molar refractivity (Wildman–Crippen MR) is 270 cm³/mol. The van der Waals surface area contributed by atoms with Crippen molar-refractivity contribution >= 4 is 38.3 Å². The summed E-state index contributed by atoms with van der Waals surface area (Å²) in [5, 5.41) is 4.15. The molecule has 0 N–H and O–H groups in total. The summed E-state index contributed by atoms with van der Waals surface area (Å²) in [7, 11) is 0. The zero-order valence-electron chi connectivity index (χ0n) is 37.1. The van der Waals surface area contributed by atoms with E-state index < -0.39 is 0 Å². The van der Waals surface area contributed by atoms with E-state index in [1.54, 1.807) is 5.56 Å². The highest BCUT2D eigenvalue weighted by atomic mass is 32.1. The first-order chi connectivity index (χ1) is 30.0. The third-order valence-electron chi connectivity index (χ3n) is 13.8. The Morgan fingerprint density at radius 2 is 1.06 bits per heavy atom. The van der Waals surface area contributed by atoms with Gasteiger partial charge in [0.05, 0.1) is 0 Å². The number of hydrogen-bond donors (Lipinski definition) is 0. The minimum atomic E-state index is -0.0614. The van der Waals surface area contributed by atoms with Crippen LogP contribution in [-0.2, 0) is 17.3 Å². The molecule has 1 heterocycles. The van der Waals surface area contributed by atoms with Gasteiger partial charge < -0.3 is 0 Å². The number of benzene rings is 8. The van der Waals surface area contributed by atoms with Crippen LogP contribution in [0.3, 0.4) is 0 Å². The molecule has 62 heavy (non-hydrogen) atoms. The van der Waals surface area contributed by atoms with E-state index in [-0.39, 0.29) is 10.8 Å². The molecule has 9 aromatic rings. The molecule has 0 aliphatic heterocycles. The van der Waals surface area contributed by atoms with E-state index in [1.807, 2.05) is 11.3 Å². The van der Waals surface area contributed by atoms with Crippen LogP contribution >= 0.6 is 11.3 Å². The van der Waals surface area contributed by atoms with Crippen LogP contribution in [0.4, 0.5) is 0 Å². The maximum Gasteiger partial charge on any atom is 0.0352 e. The molecule has 0 bridgehead atoms. The Kier molecular flexibility index (Phi) is 10.0. The average molecular weight is 819 g/mol. The van der Waals surface area contributed by atoms with Crippen molar-refractivity contribution in [2.45, 2.75) is 72.1 Å². The van der Waals surface area contributed by atoms with Crippen LogP contribution in [0.15, 0.2) is 175 Å². The van der Waals surface area contributed by atoms with Gasteiger partial charge in [-0.3, -0.25) is 0 Å². The summed E-state index contributed by atoms with van der Waals surface area (Å²) in [6.07, 6.45) is 4.80. The number of allylic oxidation sites excluding steroid dienone is 1. The van der Waals surface area contributed by atoms with Crippen LogP contribution in [0.1, 0.15) is 84.9 Å². The summed E-state index contributed by atoms with van der Waals surface area (Å²) < 4.78 is 1.43. The second kappa shape index (κ2) is 15.6. The molecule has 0 unspecified atom stereocenters. The van der Waals surface area contributed by atoms with E-state index in [1.165, 1.54) is 122 Å². The first kappa shape index (κ1) is 39.8. The van der Waals surface area contributed by atoms with E-state index >= 15 is 0 Å². The molecule has 0 spiro atoms. The minimum absolute atomic E-state index is 0.0428. The van der Waals surface area contributed by atoms with Crippen LogP contribution in [0, 0.1) is 13.8 Å². The summed E-state index contributed by atoms with van der Waals surface area (Å²) in [5.41, 5.74) is 22.2. The molecule has 1 heteroatoms. The average Bonchev–Trinajstić information content (AvgIpc) is 3.85. The highest BCUT2D eigenvalue weighted by molar-refractivity contribution is 7.20. The summed E-state index contributed by atoms with van der Waals surface area (Å²) in [5.74, 6) is 0. The number of fused-ring (bicyclic) bond motifs is 10.